The molecule has 2 heterocycles. The molecule has 1 aromatic carbocycles. The van der Waals surface area contributed by atoms with Gasteiger partial charge in [0, 0.05) is 18.9 Å². The Bertz CT molecular complexity index is 714. The molecule has 5 nitrogen and oxygen atoms in total. The summed E-state index contributed by atoms with van der Waals surface area (Å²) in [6.07, 6.45) is 3.56. The van der Waals surface area contributed by atoms with Gasteiger partial charge in [-0.25, -0.2) is 0 Å². The van der Waals surface area contributed by atoms with E-state index in [0.717, 1.165) is 11.1 Å². The molecule has 0 aliphatic heterocycles. The zero-order valence-electron chi connectivity index (χ0n) is 11.2. The van der Waals surface area contributed by atoms with E-state index in [9.17, 15) is 0 Å². The molecule has 0 aliphatic carbocycles. The monoisotopic (exact) mass is 300 g/mol. The first-order valence-electron chi connectivity index (χ1n) is 6.50. The van der Waals surface area contributed by atoms with E-state index in [2.05, 4.69) is 20.5 Å². The molecule has 0 saturated carbocycles. The van der Waals surface area contributed by atoms with Crippen molar-refractivity contribution in [1.29, 1.82) is 0 Å². The van der Waals surface area contributed by atoms with Crippen molar-refractivity contribution in [3.63, 3.8) is 0 Å². The van der Waals surface area contributed by atoms with Gasteiger partial charge in [0.05, 0.1) is 17.1 Å². The zero-order chi connectivity index (χ0) is 14.5. The predicted octanol–water partition coefficient (Wildman–Crippen LogP) is 3.07. The second-order valence-corrected chi connectivity index (χ2v) is 4.85. The number of rotatable bonds is 5. The summed E-state index contributed by atoms with van der Waals surface area (Å²) in [6, 6.07) is 11.3. The van der Waals surface area contributed by atoms with Gasteiger partial charge in [-0.1, -0.05) is 29.8 Å². The van der Waals surface area contributed by atoms with Gasteiger partial charge in [0.2, 0.25) is 11.8 Å². The first kappa shape index (κ1) is 13.7. The van der Waals surface area contributed by atoms with Crippen molar-refractivity contribution in [3.05, 3.63) is 65.3 Å². The Balaban J connectivity index is 1.62. The van der Waals surface area contributed by atoms with E-state index < -0.39 is 0 Å². The number of hydrogen-bond acceptors (Lipinski definition) is 5. The highest BCUT2D eigenvalue weighted by molar-refractivity contribution is 6.33. The van der Waals surface area contributed by atoms with Crippen molar-refractivity contribution in [3.8, 4) is 11.5 Å². The molecule has 0 saturated heterocycles. The zero-order valence-corrected chi connectivity index (χ0v) is 11.9. The maximum absolute atomic E-state index is 6.10. The lowest BCUT2D eigenvalue weighted by Crippen LogP contribution is -2.12. The molecule has 0 spiro atoms. The van der Waals surface area contributed by atoms with E-state index in [1.807, 2.05) is 36.5 Å². The van der Waals surface area contributed by atoms with E-state index in [1.54, 1.807) is 12.3 Å². The van der Waals surface area contributed by atoms with Crippen molar-refractivity contribution in [2.75, 3.05) is 0 Å². The second kappa shape index (κ2) is 6.47. The van der Waals surface area contributed by atoms with Crippen molar-refractivity contribution >= 4 is 11.6 Å². The highest BCUT2D eigenvalue weighted by Gasteiger charge is 2.10. The summed E-state index contributed by atoms with van der Waals surface area (Å²) in [6.45, 7) is 1.18. The Labute approximate surface area is 127 Å². The van der Waals surface area contributed by atoms with Crippen LogP contribution >= 0.6 is 11.6 Å². The van der Waals surface area contributed by atoms with Crippen molar-refractivity contribution in [1.82, 2.24) is 20.5 Å². The molecule has 0 bridgehead atoms. The van der Waals surface area contributed by atoms with Crippen molar-refractivity contribution in [2.24, 2.45) is 0 Å². The second-order valence-electron chi connectivity index (χ2n) is 4.45. The van der Waals surface area contributed by atoms with E-state index >= 15 is 0 Å². The fourth-order valence-corrected chi connectivity index (χ4v) is 2.10. The van der Waals surface area contributed by atoms with Crippen molar-refractivity contribution in [2.45, 2.75) is 13.1 Å². The normalized spacial score (nSPS) is 10.7. The number of benzene rings is 1. The smallest absolute Gasteiger partial charge is 0.249 e. The Morgan fingerprint density at radius 3 is 2.76 bits per heavy atom. The number of nitrogens with zero attached hydrogens (tertiary/aromatic N) is 3. The first-order valence-corrected chi connectivity index (χ1v) is 6.87. The fourth-order valence-electron chi connectivity index (χ4n) is 1.88. The number of aromatic nitrogens is 3. The molecule has 0 amide bonds. The Morgan fingerprint density at radius 2 is 1.95 bits per heavy atom. The Morgan fingerprint density at radius 1 is 1.05 bits per heavy atom. The maximum Gasteiger partial charge on any atom is 0.249 e. The number of nitrogens with one attached hydrogen (secondary N) is 1. The molecule has 2 aromatic heterocycles. The quantitative estimate of drug-likeness (QED) is 0.784. The highest BCUT2D eigenvalue weighted by atomic mass is 35.5. The van der Waals surface area contributed by atoms with Crippen LogP contribution in [-0.2, 0) is 13.1 Å². The SMILES string of the molecule is Clc1ccccc1-c1nnc(CNCc2cccnc2)o1. The minimum absolute atomic E-state index is 0.429. The third kappa shape index (κ3) is 3.45. The molecule has 6 heteroatoms. The van der Waals surface area contributed by atoms with Gasteiger partial charge < -0.3 is 9.73 Å². The average Bonchev–Trinajstić information content (AvgIpc) is 2.97. The predicted molar refractivity (Wildman–Crippen MR) is 79.5 cm³/mol. The topological polar surface area (TPSA) is 63.8 Å². The number of pyridine rings is 1. The van der Waals surface area contributed by atoms with Gasteiger partial charge in [-0.05, 0) is 23.8 Å². The summed E-state index contributed by atoms with van der Waals surface area (Å²) in [4.78, 5) is 4.06. The lowest BCUT2D eigenvalue weighted by molar-refractivity contribution is 0.477. The van der Waals surface area contributed by atoms with E-state index in [1.165, 1.54) is 0 Å². The molecule has 1 N–H and O–H groups in total. The lowest BCUT2D eigenvalue weighted by Gasteiger charge is -2.01. The summed E-state index contributed by atoms with van der Waals surface area (Å²) < 4.78 is 5.60. The van der Waals surface area contributed by atoms with Gasteiger partial charge in [0.25, 0.3) is 0 Å². The van der Waals surface area contributed by atoms with Crippen LogP contribution in [0.25, 0.3) is 11.5 Å². The number of hydrogen-bond donors (Lipinski definition) is 1. The van der Waals surface area contributed by atoms with E-state index in [0.29, 0.717) is 29.9 Å². The molecule has 3 aromatic rings. The standard InChI is InChI=1S/C15H13ClN4O/c16-13-6-2-1-5-12(13)15-20-19-14(21-15)10-18-9-11-4-3-7-17-8-11/h1-8,18H,9-10H2. The van der Waals surface area contributed by atoms with Gasteiger partial charge >= 0.3 is 0 Å². The molecule has 0 radical (unpaired) electrons. The van der Waals surface area contributed by atoms with Crippen LogP contribution in [-0.4, -0.2) is 15.2 Å². The minimum Gasteiger partial charge on any atom is -0.419 e. The maximum atomic E-state index is 6.10. The Kier molecular flexibility index (Phi) is 4.23. The molecule has 3 rings (SSSR count). The summed E-state index contributed by atoms with van der Waals surface area (Å²) in [5.41, 5.74) is 1.84. The van der Waals surface area contributed by atoms with E-state index in [4.69, 9.17) is 16.0 Å². The Hall–Kier alpha value is -2.24. The molecule has 0 aliphatic rings. The van der Waals surface area contributed by atoms with Gasteiger partial charge in [-0.15, -0.1) is 10.2 Å². The third-order valence-corrected chi connectivity index (χ3v) is 3.23. The van der Waals surface area contributed by atoms with Crippen LogP contribution in [0.5, 0.6) is 0 Å². The van der Waals surface area contributed by atoms with Crippen LogP contribution in [0.4, 0.5) is 0 Å². The van der Waals surface area contributed by atoms with Crippen LogP contribution in [0.2, 0.25) is 5.02 Å². The summed E-state index contributed by atoms with van der Waals surface area (Å²) in [5.74, 6) is 0.951. The molecular formula is C15H13ClN4O. The van der Waals surface area contributed by atoms with Crippen LogP contribution in [0.3, 0.4) is 0 Å². The lowest BCUT2D eigenvalue weighted by atomic mass is 10.2. The van der Waals surface area contributed by atoms with Crippen LogP contribution in [0, 0.1) is 0 Å². The van der Waals surface area contributed by atoms with Crippen LogP contribution in [0.15, 0.2) is 53.2 Å². The van der Waals surface area contributed by atoms with Gasteiger partial charge in [0.1, 0.15) is 0 Å². The van der Waals surface area contributed by atoms with Gasteiger partial charge in [-0.2, -0.15) is 0 Å². The molecular weight excluding hydrogens is 288 g/mol. The molecule has 0 unspecified atom stereocenters. The minimum atomic E-state index is 0.429. The van der Waals surface area contributed by atoms with Gasteiger partial charge in [-0.3, -0.25) is 4.98 Å². The molecule has 0 atom stereocenters. The molecule has 106 valence electrons. The summed E-state index contributed by atoms with van der Waals surface area (Å²) in [7, 11) is 0. The molecule has 0 fully saturated rings. The third-order valence-electron chi connectivity index (χ3n) is 2.90. The van der Waals surface area contributed by atoms with Crippen LogP contribution in [0.1, 0.15) is 11.5 Å². The number of halogens is 1. The first-order chi connectivity index (χ1) is 10.3. The van der Waals surface area contributed by atoms with Crippen molar-refractivity contribution < 1.29 is 4.42 Å². The summed E-state index contributed by atoms with van der Waals surface area (Å²) in [5, 5.41) is 11.9. The fraction of sp³-hybridized carbons (Fsp3) is 0.133. The average molecular weight is 301 g/mol. The summed E-state index contributed by atoms with van der Waals surface area (Å²) >= 11 is 6.10. The van der Waals surface area contributed by atoms with E-state index in [-0.39, 0.29) is 0 Å². The largest absolute Gasteiger partial charge is 0.419 e. The van der Waals surface area contributed by atoms with Crippen LogP contribution < -0.4 is 5.32 Å². The molecule has 21 heavy (non-hydrogen) atoms. The highest BCUT2D eigenvalue weighted by Crippen LogP contribution is 2.26. The van der Waals surface area contributed by atoms with Gasteiger partial charge in [0.15, 0.2) is 0 Å².